The maximum atomic E-state index is 12.1. The molecule has 29 heavy (non-hydrogen) atoms. The zero-order chi connectivity index (χ0) is 22.7. The molecule has 0 radical (unpaired) electrons. The topological polar surface area (TPSA) is 252 Å². The van der Waals surface area contributed by atoms with Crippen LogP contribution in [-0.4, -0.2) is 76.7 Å². The molecular formula is C14H24N6O9. The summed E-state index contributed by atoms with van der Waals surface area (Å²) in [4.78, 5) is 68.4. The number of ether oxygens (including phenoxy) is 1. The number of carboxylic acid groups (broad SMARTS) is 1. The number of rotatable bonds is 10. The van der Waals surface area contributed by atoms with Crippen molar-refractivity contribution >= 4 is 35.7 Å². The Morgan fingerprint density at radius 3 is 2.03 bits per heavy atom. The van der Waals surface area contributed by atoms with Crippen LogP contribution in [0.25, 0.3) is 0 Å². The number of aliphatic hydroxyl groups excluding tert-OH is 1. The van der Waals surface area contributed by atoms with E-state index in [0.717, 1.165) is 13.8 Å². The summed E-state index contributed by atoms with van der Waals surface area (Å²) in [6, 6.07) is -5.79. The van der Waals surface area contributed by atoms with Gasteiger partial charge >= 0.3 is 18.0 Å². The zero-order valence-electron chi connectivity index (χ0n) is 15.6. The lowest BCUT2D eigenvalue weighted by atomic mass is 10.1. The first kappa shape index (κ1) is 25.5. The fourth-order valence-corrected chi connectivity index (χ4v) is 1.73. The Kier molecular flexibility index (Phi) is 10.6. The number of nitrogens with one attached hydrogen (secondary N) is 4. The molecule has 10 N–H and O–H groups in total. The lowest BCUT2D eigenvalue weighted by molar-refractivity contribution is -0.143. The van der Waals surface area contributed by atoms with Gasteiger partial charge < -0.3 is 37.1 Å². The van der Waals surface area contributed by atoms with Crippen LogP contribution in [-0.2, 0) is 28.7 Å². The van der Waals surface area contributed by atoms with Crippen molar-refractivity contribution < 1.29 is 43.7 Å². The highest BCUT2D eigenvalue weighted by Crippen LogP contribution is 1.96. The van der Waals surface area contributed by atoms with Gasteiger partial charge in [-0.15, -0.1) is 0 Å². The Bertz CT molecular complexity index is 653. The molecule has 0 aromatic heterocycles. The molecule has 5 amide bonds. The summed E-state index contributed by atoms with van der Waals surface area (Å²) in [5.74, 6) is -5.24. The van der Waals surface area contributed by atoms with E-state index in [4.69, 9.17) is 16.6 Å². The minimum atomic E-state index is -1.69. The third-order valence-corrected chi connectivity index (χ3v) is 3.17. The largest absolute Gasteiger partial charge is 0.480 e. The van der Waals surface area contributed by atoms with E-state index in [9.17, 15) is 33.9 Å². The van der Waals surface area contributed by atoms with E-state index in [1.54, 1.807) is 0 Å². The molecule has 0 fully saturated rings. The van der Waals surface area contributed by atoms with Crippen molar-refractivity contribution in [1.82, 2.24) is 21.5 Å². The zero-order valence-corrected chi connectivity index (χ0v) is 15.6. The molecule has 0 bridgehead atoms. The van der Waals surface area contributed by atoms with Gasteiger partial charge in [0.2, 0.25) is 5.91 Å². The number of carbonyl (C=O) groups excluding carboxylic acids is 5. The highest BCUT2D eigenvalue weighted by molar-refractivity contribution is 5.93. The number of aliphatic carboxylic acids is 1. The summed E-state index contributed by atoms with van der Waals surface area (Å²) in [6.07, 6.45) is -2.15. The molecule has 0 aliphatic heterocycles. The molecule has 0 saturated heterocycles. The van der Waals surface area contributed by atoms with Gasteiger partial charge in [-0.2, -0.15) is 0 Å². The van der Waals surface area contributed by atoms with Crippen LogP contribution in [0.4, 0.5) is 4.79 Å². The van der Waals surface area contributed by atoms with Gasteiger partial charge in [-0.1, -0.05) is 0 Å². The van der Waals surface area contributed by atoms with E-state index >= 15 is 0 Å². The second-order valence-corrected chi connectivity index (χ2v) is 5.78. The van der Waals surface area contributed by atoms with Crippen LogP contribution in [0.1, 0.15) is 20.3 Å². The third kappa shape index (κ3) is 10.5. The van der Waals surface area contributed by atoms with Crippen LogP contribution in [0.2, 0.25) is 0 Å². The van der Waals surface area contributed by atoms with E-state index in [-0.39, 0.29) is 0 Å². The highest BCUT2D eigenvalue weighted by atomic mass is 16.5. The average Bonchev–Trinajstić information content (AvgIpc) is 2.60. The predicted molar refractivity (Wildman–Crippen MR) is 93.3 cm³/mol. The molecule has 15 heteroatoms. The van der Waals surface area contributed by atoms with Crippen LogP contribution in [0, 0.1) is 0 Å². The quantitative estimate of drug-likeness (QED) is 0.124. The van der Waals surface area contributed by atoms with Gasteiger partial charge in [-0.3, -0.25) is 30.0 Å². The second kappa shape index (κ2) is 12.1. The van der Waals surface area contributed by atoms with Gasteiger partial charge in [-0.05, 0) is 6.92 Å². The first-order chi connectivity index (χ1) is 13.3. The summed E-state index contributed by atoms with van der Waals surface area (Å²) in [7, 11) is 0. The van der Waals surface area contributed by atoms with E-state index < -0.39 is 72.9 Å². The van der Waals surface area contributed by atoms with Crippen molar-refractivity contribution in [1.29, 1.82) is 0 Å². The maximum absolute atomic E-state index is 12.1. The number of carboxylic acids is 1. The Labute approximate surface area is 164 Å². The van der Waals surface area contributed by atoms with E-state index in [2.05, 4.69) is 4.74 Å². The van der Waals surface area contributed by atoms with Crippen molar-refractivity contribution in [2.45, 2.75) is 44.5 Å². The summed E-state index contributed by atoms with van der Waals surface area (Å²) in [5, 5.41) is 22.1. The molecule has 0 heterocycles. The van der Waals surface area contributed by atoms with E-state index in [0.29, 0.717) is 0 Å². The van der Waals surface area contributed by atoms with Crippen LogP contribution in [0.15, 0.2) is 0 Å². The van der Waals surface area contributed by atoms with Crippen molar-refractivity contribution in [2.24, 2.45) is 11.5 Å². The maximum Gasteiger partial charge on any atom is 0.328 e. The van der Waals surface area contributed by atoms with Crippen LogP contribution in [0.5, 0.6) is 0 Å². The van der Waals surface area contributed by atoms with Crippen molar-refractivity contribution in [3.05, 3.63) is 0 Å². The Morgan fingerprint density at radius 2 is 1.59 bits per heavy atom. The number of urea groups is 1. The first-order valence-corrected chi connectivity index (χ1v) is 8.10. The van der Waals surface area contributed by atoms with Crippen molar-refractivity contribution in [2.75, 3.05) is 6.61 Å². The minimum Gasteiger partial charge on any atom is -0.480 e. The summed E-state index contributed by atoms with van der Waals surface area (Å²) in [6.45, 7) is 1.75. The fourth-order valence-electron chi connectivity index (χ4n) is 1.73. The normalized spacial score (nSPS) is 14.3. The second-order valence-electron chi connectivity index (χ2n) is 5.78. The van der Waals surface area contributed by atoms with Gasteiger partial charge in [0.1, 0.15) is 18.7 Å². The number of esters is 1. The monoisotopic (exact) mass is 420 g/mol. The van der Waals surface area contributed by atoms with Gasteiger partial charge in [0, 0.05) is 6.92 Å². The van der Waals surface area contributed by atoms with Gasteiger partial charge in [0.25, 0.3) is 11.8 Å². The molecule has 2 unspecified atom stereocenters. The number of aliphatic hydroxyl groups is 1. The molecule has 0 aliphatic carbocycles. The number of primary amides is 1. The van der Waals surface area contributed by atoms with Crippen LogP contribution >= 0.6 is 0 Å². The number of hydrazine groups is 1. The number of hydrogen-bond donors (Lipinski definition) is 8. The molecule has 0 aromatic carbocycles. The molecular weight excluding hydrogens is 396 g/mol. The fraction of sp³-hybridized carbons (Fsp3) is 0.571. The van der Waals surface area contributed by atoms with Crippen molar-refractivity contribution in [3.63, 3.8) is 0 Å². The standard InChI is InChI=1S/C14H24N6O9/c1-5(21)10(13(26)27)18-14(28)17-8(3-9(16)23)12(25)20-19-11(24)7(15)4-29-6(2)22/h5,7-8,10,21H,3-4,15H2,1-2H3,(H2,16,23)(H,19,24)(H,20,25)(H,26,27)(H2,17,18,28)/t5?,7-,8?,10-/m0/s1. The lowest BCUT2D eigenvalue weighted by Crippen LogP contribution is -2.59. The third-order valence-electron chi connectivity index (χ3n) is 3.17. The summed E-state index contributed by atoms with van der Waals surface area (Å²) in [5.41, 5.74) is 14.2. The Balaban J connectivity index is 4.87. The minimum absolute atomic E-state index is 0.460. The predicted octanol–water partition coefficient (Wildman–Crippen LogP) is -4.60. The molecule has 164 valence electrons. The summed E-state index contributed by atoms with van der Waals surface area (Å²) < 4.78 is 4.53. The van der Waals surface area contributed by atoms with E-state index in [1.165, 1.54) is 0 Å². The average molecular weight is 420 g/mol. The Morgan fingerprint density at radius 1 is 1.03 bits per heavy atom. The SMILES string of the molecule is CC(=O)OC[C@H](N)C(=O)NNC(=O)C(CC(N)=O)NC(=O)N[C@H](C(=O)O)C(C)O. The van der Waals surface area contributed by atoms with E-state index in [1.807, 2.05) is 21.5 Å². The molecule has 15 nitrogen and oxygen atoms in total. The van der Waals surface area contributed by atoms with Gasteiger partial charge in [0.15, 0.2) is 6.04 Å². The Hall–Kier alpha value is -3.46. The number of hydrogen-bond acceptors (Lipinski definition) is 9. The number of nitrogens with two attached hydrogens (primary N) is 2. The lowest BCUT2D eigenvalue weighted by Gasteiger charge is -2.21. The van der Waals surface area contributed by atoms with Gasteiger partial charge in [-0.25, -0.2) is 9.59 Å². The highest BCUT2D eigenvalue weighted by Gasteiger charge is 2.28. The van der Waals surface area contributed by atoms with Crippen LogP contribution < -0.4 is 33.0 Å². The molecule has 0 aromatic rings. The molecule has 0 spiro atoms. The summed E-state index contributed by atoms with van der Waals surface area (Å²) >= 11 is 0. The molecule has 0 saturated carbocycles. The molecule has 0 rings (SSSR count). The molecule has 0 aliphatic rings. The smallest absolute Gasteiger partial charge is 0.328 e. The van der Waals surface area contributed by atoms with Gasteiger partial charge in [0.05, 0.1) is 12.5 Å². The molecule has 4 atom stereocenters. The number of carbonyl (C=O) groups is 6. The van der Waals surface area contributed by atoms with Crippen LogP contribution in [0.3, 0.4) is 0 Å². The van der Waals surface area contributed by atoms with Crippen molar-refractivity contribution in [3.8, 4) is 0 Å². The first-order valence-electron chi connectivity index (χ1n) is 8.10. The number of amides is 5.